The lowest BCUT2D eigenvalue weighted by Crippen LogP contribution is -2.10. The molecule has 5 heteroatoms. The van der Waals surface area contributed by atoms with Gasteiger partial charge in [-0.3, -0.25) is 0 Å². The van der Waals surface area contributed by atoms with Crippen LogP contribution in [0.1, 0.15) is 30.9 Å². The first-order chi connectivity index (χ1) is 9.99. The number of halogens is 2. The molecule has 2 rings (SSSR count). The molecule has 1 aromatic heterocycles. The first-order valence-corrected chi connectivity index (χ1v) is 8.84. The SMILES string of the molecule is CNc1nc(Cc2ccc(Br)cc2)nc(CC(C)C)c1I. The molecule has 21 heavy (non-hydrogen) atoms. The minimum absolute atomic E-state index is 0.582. The zero-order valence-electron chi connectivity index (χ0n) is 12.5. The molecule has 0 aliphatic carbocycles. The molecule has 1 aromatic carbocycles. The average molecular weight is 460 g/mol. The van der Waals surface area contributed by atoms with E-state index in [0.717, 1.165) is 38.2 Å². The van der Waals surface area contributed by atoms with Gasteiger partial charge in [0.1, 0.15) is 11.6 Å². The number of nitrogens with one attached hydrogen (secondary N) is 1. The lowest BCUT2D eigenvalue weighted by Gasteiger charge is -2.12. The Hall–Kier alpha value is -0.690. The van der Waals surface area contributed by atoms with Gasteiger partial charge in [-0.25, -0.2) is 9.97 Å². The third-order valence-corrected chi connectivity index (χ3v) is 4.74. The standard InChI is InChI=1S/C16H19BrIN3/c1-10(2)8-13-15(18)16(19-3)21-14(20-13)9-11-4-6-12(17)7-5-11/h4-7,10H,8-9H2,1-3H3,(H,19,20,21). The van der Waals surface area contributed by atoms with Crippen molar-refractivity contribution in [2.24, 2.45) is 5.92 Å². The zero-order valence-corrected chi connectivity index (χ0v) is 16.2. The third kappa shape index (κ3) is 4.64. The highest BCUT2D eigenvalue weighted by atomic mass is 127. The quantitative estimate of drug-likeness (QED) is 0.660. The van der Waals surface area contributed by atoms with Crippen molar-refractivity contribution in [1.82, 2.24) is 9.97 Å². The van der Waals surface area contributed by atoms with Gasteiger partial charge < -0.3 is 5.32 Å². The van der Waals surface area contributed by atoms with Crippen LogP contribution in [0.15, 0.2) is 28.7 Å². The number of rotatable bonds is 5. The summed E-state index contributed by atoms with van der Waals surface area (Å²) in [6.07, 6.45) is 1.73. The van der Waals surface area contributed by atoms with E-state index in [1.54, 1.807) is 0 Å². The summed E-state index contributed by atoms with van der Waals surface area (Å²) in [6, 6.07) is 8.31. The summed E-state index contributed by atoms with van der Waals surface area (Å²) < 4.78 is 2.22. The summed E-state index contributed by atoms with van der Waals surface area (Å²) in [7, 11) is 1.91. The van der Waals surface area contributed by atoms with Gasteiger partial charge in [0.15, 0.2) is 0 Å². The predicted molar refractivity (Wildman–Crippen MR) is 99.8 cm³/mol. The van der Waals surface area contributed by atoms with Crippen LogP contribution in [0.3, 0.4) is 0 Å². The van der Waals surface area contributed by atoms with Crippen LogP contribution in [0, 0.1) is 9.49 Å². The molecule has 0 radical (unpaired) electrons. The first kappa shape index (κ1) is 16.7. The van der Waals surface area contributed by atoms with Crippen LogP contribution in [0.25, 0.3) is 0 Å². The molecule has 0 spiro atoms. The van der Waals surface area contributed by atoms with Gasteiger partial charge >= 0.3 is 0 Å². The molecule has 0 unspecified atom stereocenters. The Morgan fingerprint density at radius 1 is 1.19 bits per heavy atom. The van der Waals surface area contributed by atoms with Gasteiger partial charge in [0.2, 0.25) is 0 Å². The number of anilines is 1. The number of hydrogen-bond acceptors (Lipinski definition) is 3. The average Bonchev–Trinajstić information content (AvgIpc) is 2.44. The summed E-state index contributed by atoms with van der Waals surface area (Å²) in [6.45, 7) is 4.43. The number of nitrogens with zero attached hydrogens (tertiary/aromatic N) is 2. The maximum absolute atomic E-state index is 4.77. The highest BCUT2D eigenvalue weighted by molar-refractivity contribution is 14.1. The van der Waals surface area contributed by atoms with Gasteiger partial charge in [-0.05, 0) is 52.6 Å². The Morgan fingerprint density at radius 3 is 2.43 bits per heavy atom. The normalized spacial score (nSPS) is 11.0. The topological polar surface area (TPSA) is 37.8 Å². The van der Waals surface area contributed by atoms with E-state index < -0.39 is 0 Å². The fraction of sp³-hybridized carbons (Fsp3) is 0.375. The van der Waals surface area contributed by atoms with Crippen molar-refractivity contribution in [1.29, 1.82) is 0 Å². The molecule has 0 aliphatic heterocycles. The van der Waals surface area contributed by atoms with Gasteiger partial charge in [-0.15, -0.1) is 0 Å². The van der Waals surface area contributed by atoms with Crippen LogP contribution in [0.2, 0.25) is 0 Å². The number of hydrogen-bond donors (Lipinski definition) is 1. The molecular formula is C16H19BrIN3. The van der Waals surface area contributed by atoms with E-state index in [0.29, 0.717) is 5.92 Å². The lowest BCUT2D eigenvalue weighted by atomic mass is 10.1. The minimum atomic E-state index is 0.582. The molecule has 112 valence electrons. The fourth-order valence-corrected chi connectivity index (χ4v) is 3.09. The molecular weight excluding hydrogens is 441 g/mol. The summed E-state index contributed by atoms with van der Waals surface area (Å²) in [5.41, 5.74) is 2.36. The maximum Gasteiger partial charge on any atom is 0.143 e. The highest BCUT2D eigenvalue weighted by Crippen LogP contribution is 2.22. The molecule has 0 fully saturated rings. The van der Waals surface area contributed by atoms with Gasteiger partial charge in [0.25, 0.3) is 0 Å². The molecule has 1 heterocycles. The van der Waals surface area contributed by atoms with E-state index in [-0.39, 0.29) is 0 Å². The van der Waals surface area contributed by atoms with Crippen molar-refractivity contribution in [2.75, 3.05) is 12.4 Å². The number of aromatic nitrogens is 2. The second-order valence-corrected chi connectivity index (χ2v) is 7.39. The van der Waals surface area contributed by atoms with Crippen molar-refractivity contribution in [2.45, 2.75) is 26.7 Å². The van der Waals surface area contributed by atoms with Crippen LogP contribution >= 0.6 is 38.5 Å². The van der Waals surface area contributed by atoms with Crippen LogP contribution in [-0.4, -0.2) is 17.0 Å². The summed E-state index contributed by atoms with van der Waals surface area (Å²) in [5, 5.41) is 3.18. The Bertz CT molecular complexity index is 612. The molecule has 1 N–H and O–H groups in total. The molecule has 0 amide bonds. The van der Waals surface area contributed by atoms with Gasteiger partial charge in [-0.2, -0.15) is 0 Å². The molecule has 3 nitrogen and oxygen atoms in total. The molecule has 0 bridgehead atoms. The van der Waals surface area contributed by atoms with Gasteiger partial charge in [0.05, 0.1) is 9.26 Å². The van der Waals surface area contributed by atoms with Gasteiger partial charge in [0, 0.05) is 17.9 Å². The van der Waals surface area contributed by atoms with Crippen LogP contribution < -0.4 is 5.32 Å². The zero-order chi connectivity index (χ0) is 15.4. The summed E-state index contributed by atoms with van der Waals surface area (Å²) >= 11 is 5.79. The largest absolute Gasteiger partial charge is 0.372 e. The van der Waals surface area contributed by atoms with Crippen molar-refractivity contribution in [3.05, 3.63) is 49.4 Å². The van der Waals surface area contributed by atoms with Crippen molar-refractivity contribution in [3.8, 4) is 0 Å². The first-order valence-electron chi connectivity index (χ1n) is 6.97. The molecule has 0 saturated carbocycles. The Labute approximate surface area is 148 Å². The van der Waals surface area contributed by atoms with Gasteiger partial charge in [-0.1, -0.05) is 41.9 Å². The fourth-order valence-electron chi connectivity index (χ4n) is 2.10. The van der Waals surface area contributed by atoms with Crippen LogP contribution in [-0.2, 0) is 12.8 Å². The van der Waals surface area contributed by atoms with Crippen LogP contribution in [0.5, 0.6) is 0 Å². The van der Waals surface area contributed by atoms with E-state index >= 15 is 0 Å². The highest BCUT2D eigenvalue weighted by Gasteiger charge is 2.13. The second kappa shape index (κ2) is 7.54. The van der Waals surface area contributed by atoms with E-state index in [9.17, 15) is 0 Å². The molecule has 0 aliphatic rings. The Balaban J connectivity index is 2.32. The van der Waals surface area contributed by atoms with E-state index in [1.807, 2.05) is 7.05 Å². The molecule has 2 aromatic rings. The van der Waals surface area contributed by atoms with E-state index in [4.69, 9.17) is 4.98 Å². The molecule has 0 saturated heterocycles. The third-order valence-electron chi connectivity index (χ3n) is 3.08. The Kier molecular flexibility index (Phi) is 5.98. The van der Waals surface area contributed by atoms with E-state index in [2.05, 4.69) is 86.9 Å². The van der Waals surface area contributed by atoms with Crippen molar-refractivity contribution in [3.63, 3.8) is 0 Å². The monoisotopic (exact) mass is 459 g/mol. The van der Waals surface area contributed by atoms with Crippen LogP contribution in [0.4, 0.5) is 5.82 Å². The summed E-state index contributed by atoms with van der Waals surface area (Å²) in [5.74, 6) is 2.38. The maximum atomic E-state index is 4.77. The number of benzene rings is 1. The minimum Gasteiger partial charge on any atom is -0.372 e. The second-order valence-electron chi connectivity index (χ2n) is 5.40. The summed E-state index contributed by atoms with van der Waals surface area (Å²) in [4.78, 5) is 9.40. The lowest BCUT2D eigenvalue weighted by molar-refractivity contribution is 0.628. The van der Waals surface area contributed by atoms with Crippen molar-refractivity contribution >= 4 is 44.3 Å². The predicted octanol–water partition coefficient (Wildman–Crippen LogP) is 4.67. The molecule has 0 atom stereocenters. The Morgan fingerprint density at radius 2 is 1.86 bits per heavy atom. The van der Waals surface area contributed by atoms with Crippen molar-refractivity contribution < 1.29 is 0 Å². The van der Waals surface area contributed by atoms with E-state index in [1.165, 1.54) is 5.56 Å². The smallest absolute Gasteiger partial charge is 0.143 e.